The van der Waals surface area contributed by atoms with Crippen LogP contribution in [0.4, 0.5) is 16.3 Å². The number of hydrogen-bond donors (Lipinski definition) is 1. The summed E-state index contributed by atoms with van der Waals surface area (Å²) in [6, 6.07) is 3.63. The fourth-order valence-corrected chi connectivity index (χ4v) is 4.25. The van der Waals surface area contributed by atoms with Crippen molar-refractivity contribution in [2.24, 2.45) is 0 Å². The molecule has 0 unspecified atom stereocenters. The van der Waals surface area contributed by atoms with Gasteiger partial charge in [-0.1, -0.05) is 11.6 Å². The molecule has 0 amide bonds. The lowest BCUT2D eigenvalue weighted by molar-refractivity contribution is 0.0903. The van der Waals surface area contributed by atoms with E-state index < -0.39 is 0 Å². The van der Waals surface area contributed by atoms with Gasteiger partial charge in [0.05, 0.1) is 22.4 Å². The summed E-state index contributed by atoms with van der Waals surface area (Å²) in [5, 5.41) is 3.73. The Kier molecular flexibility index (Phi) is 4.75. The van der Waals surface area contributed by atoms with Crippen molar-refractivity contribution in [2.75, 3.05) is 37.0 Å². The van der Waals surface area contributed by atoms with Gasteiger partial charge in [0.15, 0.2) is 5.82 Å². The van der Waals surface area contributed by atoms with Gasteiger partial charge in [-0.15, -0.1) is 0 Å². The average Bonchev–Trinajstić information content (AvgIpc) is 3.11. The number of imidazole rings is 1. The fourth-order valence-electron chi connectivity index (χ4n) is 4.05. The van der Waals surface area contributed by atoms with Crippen molar-refractivity contribution in [2.45, 2.75) is 31.8 Å². The number of aryl methyl sites for hydroxylation is 1. The van der Waals surface area contributed by atoms with Gasteiger partial charge < -0.3 is 19.5 Å². The molecule has 0 saturated carbocycles. The summed E-state index contributed by atoms with van der Waals surface area (Å²) in [6.07, 6.45) is 4.36. The Bertz CT molecular complexity index is 1060. The first-order valence-electron chi connectivity index (χ1n) is 9.88. The number of rotatable bonds is 3. The van der Waals surface area contributed by atoms with E-state index >= 15 is 0 Å². The van der Waals surface area contributed by atoms with E-state index in [9.17, 15) is 4.39 Å². The molecule has 0 radical (unpaired) electrons. The SMILES string of the molecule is CN1CCCn2c1nc1c(F)cc(-c3nc(NC4CCOCC4)ncc3Cl)cc12. The zero-order valence-corrected chi connectivity index (χ0v) is 16.9. The predicted molar refractivity (Wildman–Crippen MR) is 111 cm³/mol. The molecule has 0 aliphatic carbocycles. The summed E-state index contributed by atoms with van der Waals surface area (Å²) in [5.74, 6) is 0.909. The lowest BCUT2D eigenvalue weighted by Gasteiger charge is -2.25. The van der Waals surface area contributed by atoms with Crippen molar-refractivity contribution in [3.8, 4) is 11.3 Å². The molecule has 0 bridgehead atoms. The van der Waals surface area contributed by atoms with Crippen molar-refractivity contribution in [1.82, 2.24) is 19.5 Å². The molecule has 3 aromatic rings. The van der Waals surface area contributed by atoms with E-state index in [0.717, 1.165) is 57.0 Å². The van der Waals surface area contributed by atoms with E-state index in [4.69, 9.17) is 16.3 Å². The zero-order chi connectivity index (χ0) is 20.0. The number of benzene rings is 1. The Balaban J connectivity index is 1.55. The van der Waals surface area contributed by atoms with Gasteiger partial charge in [0.25, 0.3) is 0 Å². The van der Waals surface area contributed by atoms with E-state index in [2.05, 4.69) is 29.7 Å². The Labute approximate surface area is 172 Å². The monoisotopic (exact) mass is 416 g/mol. The molecule has 2 aliphatic heterocycles. The standard InChI is InChI=1S/C20H22ClFN6O/c1-27-5-2-6-28-16-10-12(9-15(22)18(16)26-20(27)28)17-14(21)11-23-19(25-17)24-13-3-7-29-8-4-13/h9-11,13H,2-8H2,1H3,(H,23,24,25). The van der Waals surface area contributed by atoms with Crippen LogP contribution in [0.3, 0.4) is 0 Å². The third-order valence-corrected chi connectivity index (χ3v) is 5.85. The summed E-state index contributed by atoms with van der Waals surface area (Å²) < 4.78 is 22.4. The van der Waals surface area contributed by atoms with Crippen LogP contribution in [-0.2, 0) is 11.3 Å². The minimum atomic E-state index is -0.374. The van der Waals surface area contributed by atoms with E-state index in [1.165, 1.54) is 6.07 Å². The van der Waals surface area contributed by atoms with Crippen LogP contribution in [0.1, 0.15) is 19.3 Å². The first-order valence-corrected chi connectivity index (χ1v) is 10.3. The smallest absolute Gasteiger partial charge is 0.223 e. The maximum Gasteiger partial charge on any atom is 0.223 e. The predicted octanol–water partition coefficient (Wildman–Crippen LogP) is 3.72. The largest absolute Gasteiger partial charge is 0.381 e. The van der Waals surface area contributed by atoms with Crippen LogP contribution in [0.25, 0.3) is 22.3 Å². The summed E-state index contributed by atoms with van der Waals surface area (Å²) >= 11 is 6.39. The number of aromatic nitrogens is 4. The van der Waals surface area contributed by atoms with Crippen LogP contribution in [0.15, 0.2) is 18.3 Å². The number of anilines is 2. The second kappa shape index (κ2) is 7.42. The summed E-state index contributed by atoms with van der Waals surface area (Å²) in [5.41, 5.74) is 2.27. The molecule has 1 saturated heterocycles. The molecule has 29 heavy (non-hydrogen) atoms. The lowest BCUT2D eigenvalue weighted by atomic mass is 10.1. The quantitative estimate of drug-likeness (QED) is 0.701. The highest BCUT2D eigenvalue weighted by molar-refractivity contribution is 6.33. The van der Waals surface area contributed by atoms with Crippen molar-refractivity contribution >= 4 is 34.5 Å². The highest BCUT2D eigenvalue weighted by atomic mass is 35.5. The van der Waals surface area contributed by atoms with Crippen LogP contribution in [0.2, 0.25) is 5.02 Å². The van der Waals surface area contributed by atoms with E-state index in [1.54, 1.807) is 6.20 Å². The molecule has 7 nitrogen and oxygen atoms in total. The van der Waals surface area contributed by atoms with Gasteiger partial charge in [0, 0.05) is 45.0 Å². The Hall–Kier alpha value is -2.45. The molecular formula is C20H22ClFN6O. The van der Waals surface area contributed by atoms with Gasteiger partial charge in [-0.05, 0) is 31.4 Å². The zero-order valence-electron chi connectivity index (χ0n) is 16.2. The van der Waals surface area contributed by atoms with Gasteiger partial charge in [-0.2, -0.15) is 0 Å². The minimum Gasteiger partial charge on any atom is -0.381 e. The van der Waals surface area contributed by atoms with Gasteiger partial charge in [0.1, 0.15) is 5.52 Å². The third kappa shape index (κ3) is 3.40. The molecule has 152 valence electrons. The molecule has 0 atom stereocenters. The molecular weight excluding hydrogens is 395 g/mol. The van der Waals surface area contributed by atoms with Crippen molar-refractivity contribution in [3.63, 3.8) is 0 Å². The molecule has 4 heterocycles. The maximum atomic E-state index is 14.9. The highest BCUT2D eigenvalue weighted by Gasteiger charge is 2.22. The molecule has 5 rings (SSSR count). The van der Waals surface area contributed by atoms with Crippen molar-refractivity contribution < 1.29 is 9.13 Å². The Morgan fingerprint density at radius 2 is 2.03 bits per heavy atom. The van der Waals surface area contributed by atoms with E-state index in [0.29, 0.717) is 27.7 Å². The van der Waals surface area contributed by atoms with Crippen LogP contribution in [0, 0.1) is 5.82 Å². The number of nitrogens with zero attached hydrogens (tertiary/aromatic N) is 5. The van der Waals surface area contributed by atoms with Gasteiger partial charge in [-0.3, -0.25) is 0 Å². The normalized spacial score (nSPS) is 17.6. The second-order valence-electron chi connectivity index (χ2n) is 7.59. The first-order chi connectivity index (χ1) is 14.1. The number of ether oxygens (including phenoxy) is 1. The molecule has 1 N–H and O–H groups in total. The number of nitrogens with one attached hydrogen (secondary N) is 1. The van der Waals surface area contributed by atoms with Gasteiger partial charge in [0.2, 0.25) is 11.9 Å². The summed E-state index contributed by atoms with van der Waals surface area (Å²) in [7, 11) is 1.98. The van der Waals surface area contributed by atoms with Gasteiger partial charge in [-0.25, -0.2) is 19.3 Å². The van der Waals surface area contributed by atoms with Crippen LogP contribution in [-0.4, -0.2) is 52.4 Å². The molecule has 1 fully saturated rings. The fraction of sp³-hybridized carbons (Fsp3) is 0.450. The number of fused-ring (bicyclic) bond motifs is 3. The molecule has 0 spiro atoms. The van der Waals surface area contributed by atoms with Crippen LogP contribution >= 0.6 is 11.6 Å². The molecule has 2 aromatic heterocycles. The first kappa shape index (κ1) is 18.6. The van der Waals surface area contributed by atoms with Crippen LogP contribution in [0.5, 0.6) is 0 Å². The molecule has 1 aromatic carbocycles. The molecule has 2 aliphatic rings. The van der Waals surface area contributed by atoms with Gasteiger partial charge >= 0.3 is 0 Å². The molecule has 9 heteroatoms. The number of hydrogen-bond acceptors (Lipinski definition) is 6. The topological polar surface area (TPSA) is 68.1 Å². The van der Waals surface area contributed by atoms with E-state index in [-0.39, 0.29) is 11.9 Å². The van der Waals surface area contributed by atoms with Crippen molar-refractivity contribution in [3.05, 3.63) is 29.2 Å². The van der Waals surface area contributed by atoms with E-state index in [1.807, 2.05) is 13.1 Å². The second-order valence-corrected chi connectivity index (χ2v) is 7.99. The maximum absolute atomic E-state index is 14.9. The Morgan fingerprint density at radius 3 is 2.86 bits per heavy atom. The highest BCUT2D eigenvalue weighted by Crippen LogP contribution is 2.33. The number of halogens is 2. The summed E-state index contributed by atoms with van der Waals surface area (Å²) in [4.78, 5) is 15.5. The summed E-state index contributed by atoms with van der Waals surface area (Å²) in [6.45, 7) is 3.17. The lowest BCUT2D eigenvalue weighted by Crippen LogP contribution is -2.28. The van der Waals surface area contributed by atoms with Crippen LogP contribution < -0.4 is 10.2 Å². The minimum absolute atomic E-state index is 0.259. The average molecular weight is 417 g/mol. The Morgan fingerprint density at radius 1 is 1.21 bits per heavy atom. The third-order valence-electron chi connectivity index (χ3n) is 5.58. The van der Waals surface area contributed by atoms with Crippen molar-refractivity contribution in [1.29, 1.82) is 0 Å².